The summed E-state index contributed by atoms with van der Waals surface area (Å²) in [5.41, 5.74) is 0.312. The Hall–Kier alpha value is -0.710. The maximum absolute atomic E-state index is 11.7. The van der Waals surface area contributed by atoms with E-state index < -0.39 is 11.9 Å². The third kappa shape index (κ3) is 16.7. The van der Waals surface area contributed by atoms with Crippen molar-refractivity contribution in [3.63, 3.8) is 0 Å². The fraction of sp³-hybridized carbons (Fsp3) is 0.708. The molecule has 0 amide bonds. The Bertz CT molecular complexity index is 528. The number of unbranched alkanes of at least 4 members (excludes halogenated alkanes) is 14. The standard InChI is InChI=1S/C24H39NO3.Na.H/c1-2-3-4-5-6-7-8-9-10-11-12-13-14-15-16-19-23(26)28-24(27)22-18-17-20-25-21-22;;/h17-18,20-21H,2-16,19H2,1H3;;/q;+1;-1. The van der Waals surface area contributed by atoms with Gasteiger partial charge in [-0.15, -0.1) is 0 Å². The number of hydrogen-bond donors (Lipinski definition) is 0. The first-order valence-electron chi connectivity index (χ1n) is 11.4. The Morgan fingerprint density at radius 3 is 1.76 bits per heavy atom. The third-order valence-corrected chi connectivity index (χ3v) is 5.09. The summed E-state index contributed by atoms with van der Waals surface area (Å²) in [5, 5.41) is 0. The zero-order valence-electron chi connectivity index (χ0n) is 19.8. The Labute approximate surface area is 201 Å². The smallest absolute Gasteiger partial charge is 1.00 e. The van der Waals surface area contributed by atoms with Crippen molar-refractivity contribution >= 4 is 11.9 Å². The molecule has 0 spiro atoms. The molecule has 4 nitrogen and oxygen atoms in total. The molecule has 1 aromatic rings. The molecule has 0 aliphatic heterocycles. The predicted molar refractivity (Wildman–Crippen MR) is 115 cm³/mol. The van der Waals surface area contributed by atoms with Gasteiger partial charge in [-0.05, 0) is 18.6 Å². The molecule has 29 heavy (non-hydrogen) atoms. The van der Waals surface area contributed by atoms with Crippen molar-refractivity contribution in [1.29, 1.82) is 0 Å². The molecule has 1 heterocycles. The van der Waals surface area contributed by atoms with Crippen LogP contribution in [-0.4, -0.2) is 16.9 Å². The van der Waals surface area contributed by atoms with Gasteiger partial charge in [0.25, 0.3) is 0 Å². The quantitative estimate of drug-likeness (QED) is 0.167. The van der Waals surface area contributed by atoms with Crippen LogP contribution in [0.1, 0.15) is 121 Å². The Kier molecular flexibility index (Phi) is 20.1. The van der Waals surface area contributed by atoms with E-state index in [9.17, 15) is 9.59 Å². The number of ether oxygens (including phenoxy) is 1. The SMILES string of the molecule is CCCCCCCCCCCCCCCCCC(=O)OC(=O)c1cccnc1.[H-].[Na+]. The van der Waals surface area contributed by atoms with E-state index in [-0.39, 0.29) is 31.0 Å². The van der Waals surface area contributed by atoms with E-state index in [0.717, 1.165) is 19.3 Å². The maximum Gasteiger partial charge on any atom is 1.00 e. The van der Waals surface area contributed by atoms with Crippen LogP contribution in [0, 0.1) is 0 Å². The van der Waals surface area contributed by atoms with Crippen molar-refractivity contribution in [1.82, 2.24) is 4.98 Å². The van der Waals surface area contributed by atoms with Crippen LogP contribution in [-0.2, 0) is 9.53 Å². The molecule has 1 rings (SSSR count). The largest absolute Gasteiger partial charge is 1.00 e. The average molecular weight is 414 g/mol. The van der Waals surface area contributed by atoms with Crippen molar-refractivity contribution in [2.75, 3.05) is 0 Å². The topological polar surface area (TPSA) is 56.3 Å². The number of hydrogen-bond acceptors (Lipinski definition) is 4. The van der Waals surface area contributed by atoms with E-state index in [1.807, 2.05) is 0 Å². The average Bonchev–Trinajstić information content (AvgIpc) is 2.71. The summed E-state index contributed by atoms with van der Waals surface area (Å²) in [6.07, 6.45) is 22.6. The molecular weight excluding hydrogens is 373 g/mol. The molecule has 0 saturated carbocycles. The summed E-state index contributed by atoms with van der Waals surface area (Å²) in [6, 6.07) is 3.24. The molecule has 0 aromatic carbocycles. The predicted octanol–water partition coefficient (Wildman–Crippen LogP) is 4.14. The molecule has 0 aliphatic rings. The van der Waals surface area contributed by atoms with Crippen LogP contribution in [0.2, 0.25) is 0 Å². The van der Waals surface area contributed by atoms with Gasteiger partial charge in [0.1, 0.15) is 0 Å². The second-order valence-corrected chi connectivity index (χ2v) is 7.70. The zero-order chi connectivity index (χ0) is 20.3. The fourth-order valence-electron chi connectivity index (χ4n) is 3.34. The minimum absolute atomic E-state index is 0. The normalized spacial score (nSPS) is 10.4. The van der Waals surface area contributed by atoms with Gasteiger partial charge in [-0.1, -0.05) is 96.8 Å². The molecule has 0 unspecified atom stereocenters. The number of carbonyl (C=O) groups excluding carboxylic acids is 2. The van der Waals surface area contributed by atoms with Crippen LogP contribution < -0.4 is 29.6 Å². The molecule has 1 aromatic heterocycles. The summed E-state index contributed by atoms with van der Waals surface area (Å²) in [7, 11) is 0. The van der Waals surface area contributed by atoms with Crippen LogP contribution in [0.3, 0.4) is 0 Å². The van der Waals surface area contributed by atoms with E-state index >= 15 is 0 Å². The van der Waals surface area contributed by atoms with E-state index in [2.05, 4.69) is 11.9 Å². The van der Waals surface area contributed by atoms with Crippen molar-refractivity contribution in [2.45, 2.75) is 110 Å². The van der Waals surface area contributed by atoms with E-state index in [1.54, 1.807) is 18.3 Å². The van der Waals surface area contributed by atoms with Crippen molar-refractivity contribution in [3.05, 3.63) is 30.1 Å². The van der Waals surface area contributed by atoms with Gasteiger partial charge in [-0.2, -0.15) is 0 Å². The second kappa shape index (κ2) is 20.6. The fourth-order valence-corrected chi connectivity index (χ4v) is 3.34. The van der Waals surface area contributed by atoms with Crippen LogP contribution in [0.25, 0.3) is 0 Å². The van der Waals surface area contributed by atoms with Crippen LogP contribution >= 0.6 is 0 Å². The van der Waals surface area contributed by atoms with Gasteiger partial charge in [-0.3, -0.25) is 9.78 Å². The number of nitrogens with zero attached hydrogens (tertiary/aromatic N) is 1. The molecule has 160 valence electrons. The zero-order valence-corrected chi connectivity index (χ0v) is 20.8. The van der Waals surface area contributed by atoms with E-state index in [4.69, 9.17) is 4.74 Å². The van der Waals surface area contributed by atoms with Gasteiger partial charge >= 0.3 is 41.5 Å². The second-order valence-electron chi connectivity index (χ2n) is 7.70. The molecule has 0 bridgehead atoms. The van der Waals surface area contributed by atoms with E-state index in [1.165, 1.54) is 83.2 Å². The molecule has 0 radical (unpaired) electrons. The minimum Gasteiger partial charge on any atom is -1.00 e. The van der Waals surface area contributed by atoms with Crippen molar-refractivity contribution in [3.8, 4) is 0 Å². The van der Waals surface area contributed by atoms with Gasteiger partial charge in [0.15, 0.2) is 0 Å². The Balaban J connectivity index is 0. The molecular formula is C24H40NNaO3. The molecule has 5 heteroatoms. The summed E-state index contributed by atoms with van der Waals surface area (Å²) in [6.45, 7) is 2.27. The van der Waals surface area contributed by atoms with Crippen LogP contribution in [0.5, 0.6) is 0 Å². The summed E-state index contributed by atoms with van der Waals surface area (Å²) < 4.78 is 4.84. The molecule has 0 saturated heterocycles. The number of carbonyl (C=O) groups is 2. The summed E-state index contributed by atoms with van der Waals surface area (Å²) in [5.74, 6) is -1.05. The molecule has 0 aliphatic carbocycles. The van der Waals surface area contributed by atoms with Crippen molar-refractivity contribution in [2.24, 2.45) is 0 Å². The van der Waals surface area contributed by atoms with Gasteiger partial charge < -0.3 is 6.16 Å². The Morgan fingerprint density at radius 2 is 1.31 bits per heavy atom. The first kappa shape index (κ1) is 28.3. The number of aromatic nitrogens is 1. The number of esters is 2. The van der Waals surface area contributed by atoms with Gasteiger partial charge in [0.05, 0.1) is 5.56 Å². The first-order valence-corrected chi connectivity index (χ1v) is 11.4. The molecule has 0 atom stereocenters. The monoisotopic (exact) mass is 413 g/mol. The number of rotatable bonds is 17. The van der Waals surface area contributed by atoms with Gasteiger partial charge in [-0.25, -0.2) is 4.79 Å². The van der Waals surface area contributed by atoms with Gasteiger partial charge in [0, 0.05) is 18.8 Å². The van der Waals surface area contributed by atoms with Crippen LogP contribution in [0.4, 0.5) is 0 Å². The molecule has 0 fully saturated rings. The summed E-state index contributed by atoms with van der Waals surface area (Å²) in [4.78, 5) is 27.3. The van der Waals surface area contributed by atoms with Crippen LogP contribution in [0.15, 0.2) is 24.5 Å². The number of pyridine rings is 1. The summed E-state index contributed by atoms with van der Waals surface area (Å²) >= 11 is 0. The van der Waals surface area contributed by atoms with Crippen molar-refractivity contribution < 1.29 is 45.3 Å². The van der Waals surface area contributed by atoms with E-state index in [0.29, 0.717) is 12.0 Å². The minimum atomic E-state index is -0.612. The maximum atomic E-state index is 11.7. The van der Waals surface area contributed by atoms with Gasteiger partial charge in [0.2, 0.25) is 0 Å². The Morgan fingerprint density at radius 1 is 0.828 bits per heavy atom. The first-order chi connectivity index (χ1) is 13.7. The third-order valence-electron chi connectivity index (χ3n) is 5.09. The molecule has 0 N–H and O–H groups in total.